The van der Waals surface area contributed by atoms with Crippen molar-refractivity contribution in [3.63, 3.8) is 0 Å². The van der Waals surface area contributed by atoms with Gasteiger partial charge in [0, 0.05) is 0 Å². The molecule has 0 saturated heterocycles. The lowest BCUT2D eigenvalue weighted by atomic mass is 10.7. The molecule has 0 aliphatic heterocycles. The largest absolute Gasteiger partial charge is 0.322 e. The molecule has 0 spiro atoms. The maximum atomic E-state index is 5.42. The maximum Gasteiger partial charge on any atom is 0.142 e. The number of nitrogens with two attached hydrogens (primary N) is 1. The average Bonchev–Trinajstić information content (AvgIpc) is 2.30. The van der Waals surface area contributed by atoms with Crippen LogP contribution in [0, 0.1) is 0 Å². The van der Waals surface area contributed by atoms with E-state index in [4.69, 9.17) is 5.84 Å². The van der Waals surface area contributed by atoms with Crippen LogP contribution in [0.15, 0.2) is 16.1 Å². The van der Waals surface area contributed by atoms with Gasteiger partial charge in [0.1, 0.15) is 5.03 Å². The van der Waals surface area contributed by atoms with Crippen LogP contribution in [-0.4, -0.2) is 9.89 Å². The summed E-state index contributed by atoms with van der Waals surface area (Å²) < 4.78 is 0. The quantitative estimate of drug-likeness (QED) is 0.394. The van der Waals surface area contributed by atoms with E-state index in [9.17, 15) is 0 Å². The third kappa shape index (κ3) is 1.52. The number of thiol groups is 2. The van der Waals surface area contributed by atoms with Crippen molar-refractivity contribution >= 4 is 44.9 Å². The zero-order chi connectivity index (χ0) is 7.56. The minimum atomic E-state index is 0.809. The maximum absolute atomic E-state index is 5.42. The van der Waals surface area contributed by atoms with E-state index in [1.54, 1.807) is 6.20 Å². The first kappa shape index (κ1) is 8.51. The summed E-state index contributed by atoms with van der Waals surface area (Å²) in [5.74, 6) is 5.42. The van der Waals surface area contributed by atoms with Crippen LogP contribution < -0.4 is 5.84 Å². The van der Waals surface area contributed by atoms with E-state index in [1.165, 1.54) is 26.4 Å². The van der Waals surface area contributed by atoms with Gasteiger partial charge in [-0.1, -0.05) is 10.8 Å². The second kappa shape index (κ2) is 3.70. The molecule has 1 aromatic heterocycles. The Bertz CT molecular complexity index is 222. The summed E-state index contributed by atoms with van der Waals surface area (Å²) in [5.41, 5.74) is 0. The fourth-order valence-electron chi connectivity index (χ4n) is 0.485. The van der Waals surface area contributed by atoms with Crippen LogP contribution in [0.25, 0.3) is 0 Å². The lowest BCUT2D eigenvalue weighted by molar-refractivity contribution is 0.751. The first-order chi connectivity index (χ1) is 4.79. The Balaban J connectivity index is 3.01. The van der Waals surface area contributed by atoms with Crippen LogP contribution in [0.5, 0.6) is 0 Å². The number of hydrogen-bond donors (Lipinski definition) is 3. The molecule has 2 N–H and O–H groups in total. The molecule has 3 nitrogen and oxygen atoms in total. The monoisotopic (exact) mass is 211 g/mol. The van der Waals surface area contributed by atoms with Crippen molar-refractivity contribution in [2.24, 2.45) is 0 Å². The summed E-state index contributed by atoms with van der Waals surface area (Å²) in [6, 6.07) is 0. The van der Waals surface area contributed by atoms with Gasteiger partial charge in [-0.3, -0.25) is 0 Å². The Hall–Kier alpha value is 0.410. The molecule has 0 atom stereocenters. The molecule has 7 heteroatoms. The molecule has 1 aromatic rings. The third-order valence-corrected chi connectivity index (χ3v) is 3.22. The Kier molecular flexibility index (Phi) is 3.15. The van der Waals surface area contributed by atoms with E-state index in [-0.39, 0.29) is 0 Å². The van der Waals surface area contributed by atoms with Gasteiger partial charge in [0.2, 0.25) is 0 Å². The molecule has 0 radical (unpaired) electrons. The summed E-state index contributed by atoms with van der Waals surface area (Å²) >= 11 is 8.01. The van der Waals surface area contributed by atoms with E-state index < -0.39 is 0 Å². The van der Waals surface area contributed by atoms with E-state index in [1.807, 2.05) is 0 Å². The molecule has 10 heavy (non-hydrogen) atoms. The fourth-order valence-corrected chi connectivity index (χ4v) is 2.59. The Morgan fingerprint density at radius 1 is 1.50 bits per heavy atom. The fraction of sp³-hybridized carbons (Fsp3) is 0. The highest BCUT2D eigenvalue weighted by molar-refractivity contribution is 8.70. The predicted molar refractivity (Wildman–Crippen MR) is 52.1 cm³/mol. The van der Waals surface area contributed by atoms with Gasteiger partial charge < -0.3 is 5.84 Å². The van der Waals surface area contributed by atoms with E-state index in [0.29, 0.717) is 0 Å². The van der Waals surface area contributed by atoms with Gasteiger partial charge in [-0.2, -0.15) is 9.89 Å². The van der Waals surface area contributed by atoms with Gasteiger partial charge in [-0.05, 0) is 10.8 Å². The average molecular weight is 211 g/mol. The van der Waals surface area contributed by atoms with Crippen molar-refractivity contribution in [1.29, 1.82) is 0 Å². The van der Waals surface area contributed by atoms with E-state index in [0.717, 1.165) is 9.92 Å². The number of hydrogen-bond acceptors (Lipinski definition) is 6. The number of aromatic nitrogens is 2. The van der Waals surface area contributed by atoms with Crippen molar-refractivity contribution in [2.45, 2.75) is 9.92 Å². The van der Waals surface area contributed by atoms with Crippen LogP contribution in [-0.2, 0) is 0 Å². The zero-order valence-corrected chi connectivity index (χ0v) is 8.18. The van der Waals surface area contributed by atoms with Gasteiger partial charge in [0.05, 0.1) is 11.1 Å². The number of nitrogens with zero attached hydrogens (tertiary/aromatic N) is 2. The Morgan fingerprint density at radius 3 is 2.60 bits per heavy atom. The van der Waals surface area contributed by atoms with Crippen LogP contribution in [0.3, 0.4) is 0 Å². The summed E-state index contributed by atoms with van der Waals surface area (Å²) in [4.78, 5) is 2.20. The van der Waals surface area contributed by atoms with Gasteiger partial charge in [0.25, 0.3) is 0 Å². The highest BCUT2D eigenvalue weighted by Crippen LogP contribution is 2.32. The molecule has 0 amide bonds. The van der Waals surface area contributed by atoms with Crippen LogP contribution in [0.1, 0.15) is 0 Å². The van der Waals surface area contributed by atoms with Gasteiger partial charge in [-0.15, -0.1) is 23.3 Å². The molecule has 0 unspecified atom stereocenters. The molecule has 0 aromatic carbocycles. The smallest absolute Gasteiger partial charge is 0.142 e. The molecule has 1 heterocycles. The van der Waals surface area contributed by atoms with Crippen molar-refractivity contribution in [3.05, 3.63) is 6.20 Å². The highest BCUT2D eigenvalue weighted by atomic mass is 33.1. The molecule has 0 bridgehead atoms. The molecule has 56 valence electrons. The molecule has 1 rings (SSSR count). The lowest BCUT2D eigenvalue weighted by Gasteiger charge is -1.95. The van der Waals surface area contributed by atoms with Crippen molar-refractivity contribution < 1.29 is 0 Å². The van der Waals surface area contributed by atoms with E-state index >= 15 is 0 Å². The first-order valence-corrected chi connectivity index (χ1v) is 5.99. The predicted octanol–water partition coefficient (Wildman–Crippen LogP) is 1.47. The molecular formula is C3H5N3S4. The molecular weight excluding hydrogens is 206 g/mol. The first-order valence-electron chi connectivity index (χ1n) is 2.25. The second-order valence-corrected chi connectivity index (χ2v) is 3.73. The van der Waals surface area contributed by atoms with E-state index in [2.05, 4.69) is 28.4 Å². The summed E-state index contributed by atoms with van der Waals surface area (Å²) in [5, 5.41) is 4.62. The molecule has 0 fully saturated rings. The summed E-state index contributed by atoms with van der Waals surface area (Å²) in [6.07, 6.45) is 1.65. The Morgan fingerprint density at radius 2 is 2.20 bits per heavy atom. The SMILES string of the molecule is Nn1ncc(SS)c1SS. The summed E-state index contributed by atoms with van der Waals surface area (Å²) in [6.45, 7) is 0. The number of nitrogen functional groups attached to an aromatic ring is 1. The Labute approximate surface area is 76.7 Å². The minimum Gasteiger partial charge on any atom is -0.322 e. The van der Waals surface area contributed by atoms with Crippen LogP contribution in [0.2, 0.25) is 0 Å². The molecule has 0 aliphatic rings. The van der Waals surface area contributed by atoms with Gasteiger partial charge in [0.15, 0.2) is 0 Å². The van der Waals surface area contributed by atoms with Crippen molar-refractivity contribution in [1.82, 2.24) is 9.89 Å². The summed E-state index contributed by atoms with van der Waals surface area (Å²) in [7, 11) is 2.56. The minimum absolute atomic E-state index is 0.809. The second-order valence-electron chi connectivity index (χ2n) is 1.44. The van der Waals surface area contributed by atoms with Crippen LogP contribution >= 0.6 is 44.9 Å². The van der Waals surface area contributed by atoms with Gasteiger partial charge in [-0.25, -0.2) is 0 Å². The van der Waals surface area contributed by atoms with Crippen molar-refractivity contribution in [2.75, 3.05) is 5.84 Å². The normalized spacial score (nSPS) is 10.2. The zero-order valence-electron chi connectivity index (χ0n) is 4.76. The highest BCUT2D eigenvalue weighted by Gasteiger charge is 2.06. The standard InChI is InChI=1S/C3H5N3S4/c4-6-3(10-8)2(9-7)1-5-6/h1,7-8H,4H2. The van der Waals surface area contributed by atoms with Gasteiger partial charge >= 0.3 is 0 Å². The molecule has 0 aliphatic carbocycles. The topological polar surface area (TPSA) is 43.8 Å². The molecule has 0 saturated carbocycles. The lowest BCUT2D eigenvalue weighted by Crippen LogP contribution is -2.10. The van der Waals surface area contributed by atoms with Crippen molar-refractivity contribution in [3.8, 4) is 0 Å². The third-order valence-electron chi connectivity index (χ3n) is 0.903. The van der Waals surface area contributed by atoms with Crippen LogP contribution in [0.4, 0.5) is 0 Å². The number of rotatable bonds is 2.